The van der Waals surface area contributed by atoms with Crippen molar-refractivity contribution in [3.05, 3.63) is 71.3 Å². The fourth-order valence-corrected chi connectivity index (χ4v) is 2.84. The second kappa shape index (κ2) is 10.2. The molecule has 0 aromatic heterocycles. The van der Waals surface area contributed by atoms with Crippen LogP contribution in [-0.2, 0) is 32.0 Å². The molecular weight excluding hydrogens is 360 g/mol. The maximum Gasteiger partial charge on any atom is 0.337 e. The molecule has 0 saturated carbocycles. The highest BCUT2D eigenvalue weighted by Crippen LogP contribution is 2.16. The van der Waals surface area contributed by atoms with E-state index in [1.165, 1.54) is 19.1 Å². The number of carbonyl (C=O) groups excluding carboxylic acids is 3. The van der Waals surface area contributed by atoms with Crippen LogP contribution in [0.15, 0.2) is 54.6 Å². The fraction of sp³-hybridized carbons (Fsp3) is 0.286. The maximum absolute atomic E-state index is 12.5. The molecule has 1 atom stereocenters. The zero-order valence-electron chi connectivity index (χ0n) is 16.0. The minimum absolute atomic E-state index is 0.157. The highest BCUT2D eigenvalue weighted by molar-refractivity contribution is 5.89. The highest BCUT2D eigenvalue weighted by atomic mass is 16.5. The number of ether oxygens (including phenoxy) is 2. The fourth-order valence-electron chi connectivity index (χ4n) is 2.84. The molecule has 0 fully saturated rings. The number of esters is 2. The zero-order chi connectivity index (χ0) is 20.5. The summed E-state index contributed by atoms with van der Waals surface area (Å²) < 4.78 is 9.61. The lowest BCUT2D eigenvalue weighted by Gasteiger charge is -2.30. The number of nitrogens with two attached hydrogens (primary N) is 1. The Morgan fingerprint density at radius 3 is 2.11 bits per heavy atom. The van der Waals surface area contributed by atoms with Gasteiger partial charge in [0.15, 0.2) is 0 Å². The zero-order valence-corrected chi connectivity index (χ0v) is 16.0. The second-order valence-corrected chi connectivity index (χ2v) is 6.14. The van der Waals surface area contributed by atoms with Crippen LogP contribution in [0, 0.1) is 0 Å². The summed E-state index contributed by atoms with van der Waals surface area (Å²) in [6.07, 6.45) is 0.305. The molecule has 0 radical (unpaired) electrons. The van der Waals surface area contributed by atoms with E-state index in [-0.39, 0.29) is 19.0 Å². The SMILES string of the molecule is COC(=O)c1ccc(CN(C(=O)CN)C(Cc2ccccc2)C(=O)OC)cc1. The van der Waals surface area contributed by atoms with Gasteiger partial charge >= 0.3 is 11.9 Å². The maximum atomic E-state index is 12.5. The van der Waals surface area contributed by atoms with Crippen molar-refractivity contribution in [3.8, 4) is 0 Å². The molecule has 28 heavy (non-hydrogen) atoms. The Balaban J connectivity index is 2.29. The summed E-state index contributed by atoms with van der Waals surface area (Å²) in [4.78, 5) is 37.9. The first-order chi connectivity index (χ1) is 13.5. The van der Waals surface area contributed by atoms with Crippen molar-refractivity contribution in [1.29, 1.82) is 0 Å². The molecule has 0 spiro atoms. The number of amides is 1. The van der Waals surface area contributed by atoms with Crippen LogP contribution in [0.5, 0.6) is 0 Å². The first-order valence-corrected chi connectivity index (χ1v) is 8.78. The molecule has 2 N–H and O–H groups in total. The van der Waals surface area contributed by atoms with Gasteiger partial charge in [0.1, 0.15) is 6.04 Å². The largest absolute Gasteiger partial charge is 0.467 e. The van der Waals surface area contributed by atoms with Gasteiger partial charge in [0.2, 0.25) is 5.91 Å². The van der Waals surface area contributed by atoms with E-state index in [2.05, 4.69) is 4.74 Å². The summed E-state index contributed by atoms with van der Waals surface area (Å²) in [5.74, 6) is -1.34. The molecule has 0 heterocycles. The summed E-state index contributed by atoms with van der Waals surface area (Å²) in [6, 6.07) is 15.2. The molecule has 2 rings (SSSR count). The summed E-state index contributed by atoms with van der Waals surface area (Å²) >= 11 is 0. The second-order valence-electron chi connectivity index (χ2n) is 6.14. The minimum atomic E-state index is -0.816. The predicted molar refractivity (Wildman–Crippen MR) is 103 cm³/mol. The van der Waals surface area contributed by atoms with Crippen LogP contribution >= 0.6 is 0 Å². The number of hydrogen-bond donors (Lipinski definition) is 1. The average Bonchev–Trinajstić information content (AvgIpc) is 2.75. The molecule has 2 aromatic rings. The normalized spacial score (nSPS) is 11.4. The number of hydrogen-bond acceptors (Lipinski definition) is 6. The van der Waals surface area contributed by atoms with Crippen molar-refractivity contribution in [1.82, 2.24) is 4.90 Å². The smallest absolute Gasteiger partial charge is 0.337 e. The van der Waals surface area contributed by atoms with Gasteiger partial charge in [0.25, 0.3) is 0 Å². The van der Waals surface area contributed by atoms with Crippen LogP contribution in [0.4, 0.5) is 0 Å². The first kappa shape index (κ1) is 21.1. The van der Waals surface area contributed by atoms with Gasteiger partial charge in [-0.15, -0.1) is 0 Å². The Morgan fingerprint density at radius 2 is 1.57 bits per heavy atom. The Bertz CT molecular complexity index is 805. The lowest BCUT2D eigenvalue weighted by Crippen LogP contribution is -2.48. The molecule has 7 heteroatoms. The summed E-state index contributed by atoms with van der Waals surface area (Å²) in [5.41, 5.74) is 7.62. The van der Waals surface area contributed by atoms with E-state index in [0.29, 0.717) is 12.0 Å². The monoisotopic (exact) mass is 384 g/mol. The average molecular weight is 384 g/mol. The molecule has 0 aliphatic heterocycles. The van der Waals surface area contributed by atoms with Crippen LogP contribution in [0.3, 0.4) is 0 Å². The molecule has 0 aliphatic rings. The van der Waals surface area contributed by atoms with Crippen molar-refractivity contribution >= 4 is 17.8 Å². The van der Waals surface area contributed by atoms with Crippen LogP contribution in [0.2, 0.25) is 0 Å². The van der Waals surface area contributed by atoms with Gasteiger partial charge in [0, 0.05) is 13.0 Å². The van der Waals surface area contributed by atoms with E-state index in [1.54, 1.807) is 24.3 Å². The van der Waals surface area contributed by atoms with E-state index in [9.17, 15) is 14.4 Å². The topological polar surface area (TPSA) is 98.9 Å². The molecule has 0 bridgehead atoms. The molecule has 0 saturated heterocycles. The number of carbonyl (C=O) groups is 3. The van der Waals surface area contributed by atoms with Gasteiger partial charge < -0.3 is 20.1 Å². The minimum Gasteiger partial charge on any atom is -0.467 e. The molecule has 1 amide bonds. The third-order valence-electron chi connectivity index (χ3n) is 4.34. The van der Waals surface area contributed by atoms with E-state index < -0.39 is 18.0 Å². The molecule has 7 nitrogen and oxygen atoms in total. The number of rotatable bonds is 8. The van der Waals surface area contributed by atoms with Crippen molar-refractivity contribution in [2.24, 2.45) is 5.73 Å². The summed E-state index contributed by atoms with van der Waals surface area (Å²) in [7, 11) is 2.60. The van der Waals surface area contributed by atoms with Crippen LogP contribution in [-0.4, -0.2) is 49.6 Å². The Labute approximate surface area is 164 Å². The van der Waals surface area contributed by atoms with Crippen LogP contribution in [0.25, 0.3) is 0 Å². The quantitative estimate of drug-likeness (QED) is 0.693. The Morgan fingerprint density at radius 1 is 0.929 bits per heavy atom. The third kappa shape index (κ3) is 5.40. The van der Waals surface area contributed by atoms with Crippen molar-refractivity contribution in [3.63, 3.8) is 0 Å². The number of benzene rings is 2. The van der Waals surface area contributed by atoms with Crippen molar-refractivity contribution in [2.45, 2.75) is 19.0 Å². The lowest BCUT2D eigenvalue weighted by atomic mass is 10.0. The number of nitrogens with zero attached hydrogens (tertiary/aromatic N) is 1. The first-order valence-electron chi connectivity index (χ1n) is 8.78. The lowest BCUT2D eigenvalue weighted by molar-refractivity contribution is -0.153. The molecule has 0 aliphatic carbocycles. The third-order valence-corrected chi connectivity index (χ3v) is 4.34. The standard InChI is InChI=1S/C21H24N2O5/c1-27-20(25)17-10-8-16(9-11-17)14-23(19(24)13-22)18(21(26)28-2)12-15-6-4-3-5-7-15/h3-11,18H,12-14,22H2,1-2H3. The Kier molecular flexibility index (Phi) is 7.71. The van der Waals surface area contributed by atoms with Gasteiger partial charge in [-0.1, -0.05) is 42.5 Å². The van der Waals surface area contributed by atoms with E-state index in [0.717, 1.165) is 11.1 Å². The summed E-state index contributed by atoms with van der Waals surface area (Å²) in [5, 5.41) is 0. The van der Waals surface area contributed by atoms with Crippen LogP contribution < -0.4 is 5.73 Å². The Hall–Kier alpha value is -3.19. The molecule has 2 aromatic carbocycles. The molecule has 148 valence electrons. The van der Waals surface area contributed by atoms with Gasteiger partial charge in [-0.05, 0) is 23.3 Å². The molecular formula is C21H24N2O5. The van der Waals surface area contributed by atoms with Gasteiger partial charge in [0.05, 0.1) is 26.3 Å². The van der Waals surface area contributed by atoms with Crippen molar-refractivity contribution in [2.75, 3.05) is 20.8 Å². The van der Waals surface area contributed by atoms with E-state index in [4.69, 9.17) is 10.5 Å². The summed E-state index contributed by atoms with van der Waals surface area (Å²) in [6.45, 7) is -0.0768. The van der Waals surface area contributed by atoms with E-state index >= 15 is 0 Å². The van der Waals surface area contributed by atoms with E-state index in [1.807, 2.05) is 30.3 Å². The van der Waals surface area contributed by atoms with Crippen molar-refractivity contribution < 1.29 is 23.9 Å². The molecule has 1 unspecified atom stereocenters. The number of methoxy groups -OCH3 is 2. The highest BCUT2D eigenvalue weighted by Gasteiger charge is 2.30. The predicted octanol–water partition coefficient (Wildman–Crippen LogP) is 1.54. The van der Waals surface area contributed by atoms with Gasteiger partial charge in [-0.25, -0.2) is 9.59 Å². The van der Waals surface area contributed by atoms with Crippen LogP contribution in [0.1, 0.15) is 21.5 Å². The van der Waals surface area contributed by atoms with Gasteiger partial charge in [-0.2, -0.15) is 0 Å². The van der Waals surface area contributed by atoms with Gasteiger partial charge in [-0.3, -0.25) is 4.79 Å².